The van der Waals surface area contributed by atoms with Gasteiger partial charge in [-0.3, -0.25) is 0 Å². The third-order valence-corrected chi connectivity index (χ3v) is 7.76. The lowest BCUT2D eigenvalue weighted by molar-refractivity contribution is 0.203. The van der Waals surface area contributed by atoms with Crippen molar-refractivity contribution in [3.63, 3.8) is 0 Å². The summed E-state index contributed by atoms with van der Waals surface area (Å²) in [5.74, 6) is 0. The van der Waals surface area contributed by atoms with Crippen molar-refractivity contribution in [2.45, 2.75) is 50.7 Å². The lowest BCUT2D eigenvalue weighted by Gasteiger charge is -2.26. The summed E-state index contributed by atoms with van der Waals surface area (Å²) in [5.41, 5.74) is 1.51. The molecule has 26 heavy (non-hydrogen) atoms. The molecule has 1 aliphatic heterocycles. The van der Waals surface area contributed by atoms with Gasteiger partial charge in [0.05, 0.1) is 22.4 Å². The normalized spacial score (nSPS) is 17.2. The largest absolute Gasteiger partial charge is 0.388 e. The molecule has 2 N–H and O–H groups in total. The maximum atomic E-state index is 13.0. The quantitative estimate of drug-likeness (QED) is 0.784. The Morgan fingerprint density at radius 1 is 1.31 bits per heavy atom. The predicted molar refractivity (Wildman–Crippen MR) is 104 cm³/mol. The highest BCUT2D eigenvalue weighted by molar-refractivity contribution is 7.89. The van der Waals surface area contributed by atoms with Crippen molar-refractivity contribution >= 4 is 27.0 Å². The second-order valence-corrected chi connectivity index (χ2v) is 9.68. The summed E-state index contributed by atoms with van der Waals surface area (Å²) in [7, 11) is -3.46. The summed E-state index contributed by atoms with van der Waals surface area (Å²) in [6.07, 6.45) is 4.09. The van der Waals surface area contributed by atoms with Crippen LogP contribution in [0, 0.1) is 6.92 Å². The summed E-state index contributed by atoms with van der Waals surface area (Å²) in [5, 5.41) is 13.7. The standard InChI is InChI=1S/C18H25N3O3S2/c1-13-6-7-15(19-12-18-20-11-16(25-18)14(2)22)10-17(13)26(23,24)21-8-4-3-5-9-21/h6-7,10-11,14,19,22H,3-5,8-9,12H2,1-2H3. The zero-order chi connectivity index (χ0) is 18.7. The highest BCUT2D eigenvalue weighted by Crippen LogP contribution is 2.27. The first-order chi connectivity index (χ1) is 12.4. The molecule has 1 aromatic carbocycles. The van der Waals surface area contributed by atoms with Crippen LogP contribution < -0.4 is 5.32 Å². The molecule has 1 aromatic heterocycles. The molecule has 1 fully saturated rings. The van der Waals surface area contributed by atoms with Crippen LogP contribution >= 0.6 is 11.3 Å². The minimum absolute atomic E-state index is 0.369. The van der Waals surface area contributed by atoms with Crippen molar-refractivity contribution in [1.82, 2.24) is 9.29 Å². The molecule has 0 saturated carbocycles. The second-order valence-electron chi connectivity index (χ2n) is 6.63. The van der Waals surface area contributed by atoms with Crippen LogP contribution in [0.1, 0.15) is 47.7 Å². The van der Waals surface area contributed by atoms with Crippen LogP contribution in [0.3, 0.4) is 0 Å². The minimum atomic E-state index is -3.46. The zero-order valence-corrected chi connectivity index (χ0v) is 16.7. The van der Waals surface area contributed by atoms with Crippen molar-refractivity contribution < 1.29 is 13.5 Å². The van der Waals surface area contributed by atoms with E-state index in [-0.39, 0.29) is 0 Å². The summed E-state index contributed by atoms with van der Waals surface area (Å²) in [4.78, 5) is 5.47. The Kier molecular flexibility index (Phi) is 5.96. The Labute approximate surface area is 158 Å². The molecule has 0 bridgehead atoms. The van der Waals surface area contributed by atoms with E-state index < -0.39 is 16.1 Å². The number of benzene rings is 1. The van der Waals surface area contributed by atoms with Gasteiger partial charge in [-0.1, -0.05) is 12.5 Å². The van der Waals surface area contributed by atoms with E-state index in [9.17, 15) is 13.5 Å². The maximum Gasteiger partial charge on any atom is 0.243 e. The van der Waals surface area contributed by atoms with Crippen LogP contribution in [0.5, 0.6) is 0 Å². The topological polar surface area (TPSA) is 82.5 Å². The first-order valence-corrected chi connectivity index (χ1v) is 11.1. The summed E-state index contributed by atoms with van der Waals surface area (Å²) >= 11 is 1.45. The monoisotopic (exact) mass is 395 g/mol. The number of aryl methyl sites for hydroxylation is 1. The average Bonchev–Trinajstić information content (AvgIpc) is 3.11. The molecule has 142 valence electrons. The number of hydrogen-bond acceptors (Lipinski definition) is 6. The number of aliphatic hydroxyl groups excluding tert-OH is 1. The van der Waals surface area contributed by atoms with Crippen molar-refractivity contribution in [3.05, 3.63) is 39.8 Å². The second kappa shape index (κ2) is 8.04. The van der Waals surface area contributed by atoms with E-state index in [1.54, 1.807) is 23.5 Å². The highest BCUT2D eigenvalue weighted by Gasteiger charge is 2.27. The molecule has 8 heteroatoms. The van der Waals surface area contributed by atoms with Gasteiger partial charge in [-0.25, -0.2) is 13.4 Å². The predicted octanol–water partition coefficient (Wildman–Crippen LogP) is 3.29. The average molecular weight is 396 g/mol. The molecule has 0 aliphatic carbocycles. The van der Waals surface area contributed by atoms with Crippen molar-refractivity contribution in [3.8, 4) is 0 Å². The van der Waals surface area contributed by atoms with Crippen LogP contribution in [0.15, 0.2) is 29.3 Å². The lowest BCUT2D eigenvalue weighted by atomic mass is 10.2. The number of nitrogens with zero attached hydrogens (tertiary/aromatic N) is 2. The van der Waals surface area contributed by atoms with Gasteiger partial charge in [-0.05, 0) is 44.4 Å². The Morgan fingerprint density at radius 3 is 2.69 bits per heavy atom. The SMILES string of the molecule is Cc1ccc(NCc2ncc(C(C)O)s2)cc1S(=O)(=O)N1CCCCC1. The van der Waals surface area contributed by atoms with E-state index in [4.69, 9.17) is 0 Å². The van der Waals surface area contributed by atoms with E-state index in [0.717, 1.165) is 40.4 Å². The molecule has 0 amide bonds. The lowest BCUT2D eigenvalue weighted by Crippen LogP contribution is -2.36. The van der Waals surface area contributed by atoms with Gasteiger partial charge in [0.1, 0.15) is 5.01 Å². The van der Waals surface area contributed by atoms with Gasteiger partial charge in [-0.15, -0.1) is 11.3 Å². The number of nitrogens with one attached hydrogen (secondary N) is 1. The van der Waals surface area contributed by atoms with E-state index in [2.05, 4.69) is 10.3 Å². The van der Waals surface area contributed by atoms with Gasteiger partial charge < -0.3 is 10.4 Å². The van der Waals surface area contributed by atoms with Gasteiger partial charge >= 0.3 is 0 Å². The Bertz CT molecular complexity index is 856. The molecule has 2 aromatic rings. The highest BCUT2D eigenvalue weighted by atomic mass is 32.2. The fraction of sp³-hybridized carbons (Fsp3) is 0.500. The molecular formula is C18H25N3O3S2. The van der Waals surface area contributed by atoms with E-state index in [1.807, 2.05) is 19.1 Å². The van der Waals surface area contributed by atoms with Crippen molar-refractivity contribution in [2.75, 3.05) is 18.4 Å². The van der Waals surface area contributed by atoms with Gasteiger partial charge in [0, 0.05) is 25.0 Å². The first kappa shape index (κ1) is 19.3. The molecule has 1 atom stereocenters. The van der Waals surface area contributed by atoms with Gasteiger partial charge in [0.15, 0.2) is 0 Å². The van der Waals surface area contributed by atoms with Crippen molar-refractivity contribution in [2.24, 2.45) is 0 Å². The van der Waals surface area contributed by atoms with Crippen LogP contribution in [0.25, 0.3) is 0 Å². The Morgan fingerprint density at radius 2 is 2.04 bits per heavy atom. The summed E-state index contributed by atoms with van der Waals surface area (Å²) < 4.78 is 27.5. The molecular weight excluding hydrogens is 370 g/mol. The van der Waals surface area contributed by atoms with Crippen LogP contribution in [0.4, 0.5) is 5.69 Å². The first-order valence-electron chi connectivity index (χ1n) is 8.85. The van der Waals surface area contributed by atoms with Crippen LogP contribution in [-0.2, 0) is 16.6 Å². The van der Waals surface area contributed by atoms with Gasteiger partial charge in [-0.2, -0.15) is 4.31 Å². The smallest absolute Gasteiger partial charge is 0.243 e. The number of rotatable bonds is 6. The van der Waals surface area contributed by atoms with E-state index in [1.165, 1.54) is 11.3 Å². The molecule has 0 radical (unpaired) electrons. The molecule has 3 rings (SSSR count). The fourth-order valence-electron chi connectivity index (χ4n) is 3.01. The number of sulfonamides is 1. The molecule has 1 aliphatic rings. The number of aromatic nitrogens is 1. The zero-order valence-electron chi connectivity index (χ0n) is 15.1. The molecule has 0 spiro atoms. The number of aliphatic hydroxyl groups is 1. The van der Waals surface area contributed by atoms with Gasteiger partial charge in [0.25, 0.3) is 0 Å². The minimum Gasteiger partial charge on any atom is -0.388 e. The number of piperidine rings is 1. The Hall–Kier alpha value is -1.48. The van der Waals surface area contributed by atoms with Crippen molar-refractivity contribution in [1.29, 1.82) is 0 Å². The number of hydrogen-bond donors (Lipinski definition) is 2. The Balaban J connectivity index is 1.76. The number of thiazole rings is 1. The molecule has 1 unspecified atom stereocenters. The molecule has 1 saturated heterocycles. The van der Waals surface area contributed by atoms with Crippen LogP contribution in [0.2, 0.25) is 0 Å². The van der Waals surface area contributed by atoms with Gasteiger partial charge in [0.2, 0.25) is 10.0 Å². The van der Waals surface area contributed by atoms with Crippen LogP contribution in [-0.4, -0.2) is 35.9 Å². The summed E-state index contributed by atoms with van der Waals surface area (Å²) in [6.45, 7) is 5.23. The van der Waals surface area contributed by atoms with E-state index >= 15 is 0 Å². The summed E-state index contributed by atoms with van der Waals surface area (Å²) in [6, 6.07) is 5.43. The fourth-order valence-corrected chi connectivity index (χ4v) is 5.57. The van der Waals surface area contributed by atoms with E-state index in [0.29, 0.717) is 24.5 Å². The third-order valence-electron chi connectivity index (χ3n) is 4.55. The number of anilines is 1. The molecule has 6 nitrogen and oxygen atoms in total. The third kappa shape index (κ3) is 4.25. The maximum absolute atomic E-state index is 13.0. The molecule has 2 heterocycles.